The molecule has 4 atom stereocenters. The molecule has 0 aromatic heterocycles. The van der Waals surface area contributed by atoms with Crippen LogP contribution < -0.4 is 5.32 Å². The van der Waals surface area contributed by atoms with Gasteiger partial charge in [0.2, 0.25) is 5.91 Å². The lowest BCUT2D eigenvalue weighted by Crippen LogP contribution is -2.47. The van der Waals surface area contributed by atoms with E-state index in [4.69, 9.17) is 4.74 Å². The summed E-state index contributed by atoms with van der Waals surface area (Å²) in [6.45, 7) is 7.88. The smallest absolute Gasteiger partial charge is 0.325 e. The summed E-state index contributed by atoms with van der Waals surface area (Å²) in [5.74, 6) is 0.280. The fraction of sp³-hybridized carbons (Fsp3) is 0.481. The molecule has 1 aliphatic heterocycles. The summed E-state index contributed by atoms with van der Waals surface area (Å²) in [5.41, 5.74) is 2.15. The Balaban J connectivity index is 1.82. The fourth-order valence-corrected chi connectivity index (χ4v) is 4.78. The van der Waals surface area contributed by atoms with Gasteiger partial charge in [-0.1, -0.05) is 56.3 Å². The van der Waals surface area contributed by atoms with Crippen molar-refractivity contribution in [2.45, 2.75) is 39.7 Å². The summed E-state index contributed by atoms with van der Waals surface area (Å²) in [7, 11) is 0. The third kappa shape index (κ3) is 6.81. The van der Waals surface area contributed by atoms with Crippen molar-refractivity contribution >= 4 is 11.9 Å². The number of piperidine rings is 1. The minimum atomic E-state index is -0.428. The van der Waals surface area contributed by atoms with Gasteiger partial charge >= 0.3 is 5.97 Å². The van der Waals surface area contributed by atoms with Crippen molar-refractivity contribution in [3.8, 4) is 5.75 Å². The molecule has 1 fully saturated rings. The van der Waals surface area contributed by atoms with Crippen LogP contribution in [0.3, 0.4) is 0 Å². The third-order valence-corrected chi connectivity index (χ3v) is 6.74. The number of esters is 1. The Labute approximate surface area is 196 Å². The summed E-state index contributed by atoms with van der Waals surface area (Å²) >= 11 is 0. The van der Waals surface area contributed by atoms with E-state index in [1.165, 1.54) is 0 Å². The van der Waals surface area contributed by atoms with E-state index < -0.39 is 5.97 Å². The van der Waals surface area contributed by atoms with E-state index in [1.807, 2.05) is 42.5 Å². The molecule has 0 radical (unpaired) electrons. The lowest BCUT2D eigenvalue weighted by atomic mass is 9.78. The van der Waals surface area contributed by atoms with Gasteiger partial charge in [-0.25, -0.2) is 0 Å². The number of ether oxygens (including phenoxy) is 1. The molecule has 178 valence electrons. The molecule has 6 nitrogen and oxygen atoms in total. The lowest BCUT2D eigenvalue weighted by molar-refractivity contribution is -0.144. The number of benzene rings is 2. The first-order valence-corrected chi connectivity index (χ1v) is 11.9. The van der Waals surface area contributed by atoms with E-state index in [2.05, 4.69) is 30.1 Å². The minimum Gasteiger partial charge on any atom is -0.508 e. The van der Waals surface area contributed by atoms with Gasteiger partial charge in [0.1, 0.15) is 12.3 Å². The molecule has 2 aromatic carbocycles. The number of phenolic OH excluding ortho intramolecular Hbond substituents is 1. The summed E-state index contributed by atoms with van der Waals surface area (Å²) in [5, 5.41) is 12.9. The minimum absolute atomic E-state index is 0.108. The van der Waals surface area contributed by atoms with E-state index in [0.717, 1.165) is 24.1 Å². The highest BCUT2D eigenvalue weighted by Crippen LogP contribution is 2.40. The summed E-state index contributed by atoms with van der Waals surface area (Å²) < 4.78 is 4.96. The first-order chi connectivity index (χ1) is 15.9. The normalized spacial score (nSPS) is 21.8. The third-order valence-electron chi connectivity index (χ3n) is 6.74. The topological polar surface area (TPSA) is 78.9 Å². The highest BCUT2D eigenvalue weighted by Gasteiger charge is 2.36. The molecule has 2 aromatic rings. The Morgan fingerprint density at radius 1 is 1.15 bits per heavy atom. The van der Waals surface area contributed by atoms with Crippen molar-refractivity contribution in [2.75, 3.05) is 26.2 Å². The Morgan fingerprint density at radius 3 is 2.61 bits per heavy atom. The van der Waals surface area contributed by atoms with Crippen LogP contribution in [0.1, 0.15) is 44.4 Å². The first-order valence-electron chi connectivity index (χ1n) is 11.9. The molecule has 6 heteroatoms. The fourth-order valence-electron chi connectivity index (χ4n) is 4.78. The number of carbonyl (C=O) groups is 2. The molecule has 0 unspecified atom stereocenters. The number of rotatable bonds is 9. The average molecular weight is 453 g/mol. The second-order valence-corrected chi connectivity index (χ2v) is 9.07. The Hall–Kier alpha value is -2.86. The first kappa shape index (κ1) is 24.8. The SMILES string of the molecule is CCOC(=O)CNC(=O)[C@H](Cc1ccccc1)CN1CC[C@@H](C)[C@@H](C)[C@H]1c1cccc(O)c1. The average Bonchev–Trinajstić information content (AvgIpc) is 2.80. The van der Waals surface area contributed by atoms with Gasteiger partial charge in [-0.15, -0.1) is 0 Å². The zero-order valence-corrected chi connectivity index (χ0v) is 19.9. The zero-order valence-electron chi connectivity index (χ0n) is 19.9. The number of aromatic hydroxyl groups is 1. The molecule has 33 heavy (non-hydrogen) atoms. The molecule has 1 heterocycles. The van der Waals surface area contributed by atoms with Crippen LogP contribution in [0.4, 0.5) is 0 Å². The van der Waals surface area contributed by atoms with Gasteiger partial charge in [0.15, 0.2) is 0 Å². The quantitative estimate of drug-likeness (QED) is 0.563. The van der Waals surface area contributed by atoms with E-state index in [1.54, 1.807) is 13.0 Å². The predicted octanol–water partition coefficient (Wildman–Crippen LogP) is 3.95. The van der Waals surface area contributed by atoms with Gasteiger partial charge in [-0.2, -0.15) is 0 Å². The van der Waals surface area contributed by atoms with Crippen molar-refractivity contribution in [2.24, 2.45) is 17.8 Å². The second kappa shape index (κ2) is 11.8. The van der Waals surface area contributed by atoms with Crippen LogP contribution >= 0.6 is 0 Å². The van der Waals surface area contributed by atoms with Crippen molar-refractivity contribution < 1.29 is 19.4 Å². The molecule has 0 saturated carbocycles. The van der Waals surface area contributed by atoms with E-state index >= 15 is 0 Å². The maximum Gasteiger partial charge on any atom is 0.325 e. The number of phenols is 1. The van der Waals surface area contributed by atoms with Gasteiger partial charge < -0.3 is 15.2 Å². The Morgan fingerprint density at radius 2 is 1.91 bits per heavy atom. The summed E-state index contributed by atoms with van der Waals surface area (Å²) in [6.07, 6.45) is 1.64. The summed E-state index contributed by atoms with van der Waals surface area (Å²) in [6, 6.07) is 17.5. The van der Waals surface area contributed by atoms with Gasteiger partial charge in [-0.3, -0.25) is 14.5 Å². The van der Waals surface area contributed by atoms with E-state index in [9.17, 15) is 14.7 Å². The molecule has 3 rings (SSSR count). The molecule has 0 bridgehead atoms. The van der Waals surface area contributed by atoms with Crippen molar-refractivity contribution in [3.05, 3.63) is 65.7 Å². The van der Waals surface area contributed by atoms with Gasteiger partial charge in [-0.05, 0) is 61.4 Å². The zero-order chi connectivity index (χ0) is 23.8. The van der Waals surface area contributed by atoms with E-state index in [-0.39, 0.29) is 36.8 Å². The number of likely N-dealkylation sites (tertiary alicyclic amines) is 1. The van der Waals surface area contributed by atoms with Crippen molar-refractivity contribution in [3.63, 3.8) is 0 Å². The highest BCUT2D eigenvalue weighted by atomic mass is 16.5. The molecular weight excluding hydrogens is 416 g/mol. The molecular formula is C27H36N2O4. The number of amides is 1. The lowest BCUT2D eigenvalue weighted by Gasteiger charge is -2.44. The molecule has 1 saturated heterocycles. The number of carbonyl (C=O) groups excluding carboxylic acids is 2. The number of hydrogen-bond acceptors (Lipinski definition) is 5. The molecule has 1 aliphatic rings. The monoisotopic (exact) mass is 452 g/mol. The number of nitrogens with zero attached hydrogens (tertiary/aromatic N) is 1. The molecule has 2 N–H and O–H groups in total. The summed E-state index contributed by atoms with van der Waals surface area (Å²) in [4.78, 5) is 27.4. The Kier molecular flexibility index (Phi) is 8.89. The van der Waals surface area contributed by atoms with Crippen LogP contribution in [0.2, 0.25) is 0 Å². The van der Waals surface area contributed by atoms with Crippen LogP contribution in [0.5, 0.6) is 5.75 Å². The Bertz CT molecular complexity index is 917. The molecule has 0 spiro atoms. The van der Waals surface area contributed by atoms with Crippen LogP contribution in [-0.2, 0) is 20.7 Å². The van der Waals surface area contributed by atoms with Gasteiger partial charge in [0.25, 0.3) is 0 Å². The number of hydrogen-bond donors (Lipinski definition) is 2. The van der Waals surface area contributed by atoms with Crippen LogP contribution in [-0.4, -0.2) is 48.1 Å². The van der Waals surface area contributed by atoms with Crippen molar-refractivity contribution in [1.82, 2.24) is 10.2 Å². The van der Waals surface area contributed by atoms with E-state index in [0.29, 0.717) is 24.8 Å². The highest BCUT2D eigenvalue weighted by molar-refractivity contribution is 5.83. The standard InChI is InChI=1S/C27H36N2O4/c1-4-33-25(31)17-28-27(32)23(15-21-9-6-5-7-10-21)18-29-14-13-19(2)20(3)26(29)22-11-8-12-24(30)16-22/h5-12,16,19-20,23,26,30H,4,13-15,17-18H2,1-3H3,(H,28,32)/t19-,20-,23-,26+/m1/s1. The van der Waals surface area contributed by atoms with Gasteiger partial charge in [0.05, 0.1) is 12.5 Å². The maximum atomic E-state index is 13.2. The number of nitrogens with one attached hydrogen (secondary N) is 1. The van der Waals surface area contributed by atoms with Crippen molar-refractivity contribution in [1.29, 1.82) is 0 Å². The maximum absolute atomic E-state index is 13.2. The van der Waals surface area contributed by atoms with Crippen LogP contribution in [0, 0.1) is 17.8 Å². The van der Waals surface area contributed by atoms with Crippen LogP contribution in [0.25, 0.3) is 0 Å². The molecule has 1 amide bonds. The largest absolute Gasteiger partial charge is 0.508 e. The molecule has 0 aliphatic carbocycles. The predicted molar refractivity (Wildman–Crippen MR) is 129 cm³/mol. The van der Waals surface area contributed by atoms with Crippen LogP contribution in [0.15, 0.2) is 54.6 Å². The van der Waals surface area contributed by atoms with Gasteiger partial charge in [0, 0.05) is 12.6 Å². The second-order valence-electron chi connectivity index (χ2n) is 9.07.